The minimum atomic E-state index is -3.82. The molecule has 2 aromatic carbocycles. The number of furan rings is 1. The highest BCUT2D eigenvalue weighted by atomic mass is 32.2. The molecule has 13 heteroatoms. The number of rotatable bonds is 7. The van der Waals surface area contributed by atoms with Crippen molar-refractivity contribution in [1.29, 1.82) is 0 Å². The number of carbonyl (C=O) groups excluding carboxylic acids is 1. The van der Waals surface area contributed by atoms with Crippen LogP contribution in [-0.2, 0) is 34.4 Å². The van der Waals surface area contributed by atoms with Gasteiger partial charge in [-0.1, -0.05) is 6.42 Å². The first-order valence-corrected chi connectivity index (χ1v) is 17.8. The summed E-state index contributed by atoms with van der Waals surface area (Å²) in [6.45, 7) is 1.24. The molecule has 2 aliphatic heterocycles. The molecule has 1 amide bonds. The van der Waals surface area contributed by atoms with Crippen LogP contribution in [0.2, 0.25) is 0 Å². The van der Waals surface area contributed by atoms with Crippen molar-refractivity contribution in [2.75, 3.05) is 37.7 Å². The maximum atomic E-state index is 14.0. The van der Waals surface area contributed by atoms with Crippen molar-refractivity contribution in [3.8, 4) is 11.3 Å². The van der Waals surface area contributed by atoms with E-state index in [1.807, 2.05) is 10.6 Å². The molecule has 0 spiro atoms. The normalized spacial score (nSPS) is 18.5. The summed E-state index contributed by atoms with van der Waals surface area (Å²) in [7, 11) is -0.584. The lowest BCUT2D eigenvalue weighted by atomic mass is 9.89. The molecule has 2 aliphatic rings. The van der Waals surface area contributed by atoms with Crippen LogP contribution >= 0.6 is 0 Å². The topological polar surface area (TPSA) is 124 Å². The van der Waals surface area contributed by atoms with E-state index >= 15 is 0 Å². The Labute approximate surface area is 259 Å². The SMILES string of the molecule is CNC(=O)c1c(-c2ccc(F)cc2)oc2cc(N(C)[S+](C)[O-])c([C@@H]3CCCN(S(=O)(=O)c4cnc5n4CCCCC5)C3)cc12. The van der Waals surface area contributed by atoms with Gasteiger partial charge < -0.3 is 18.9 Å². The zero-order valence-electron chi connectivity index (χ0n) is 25.0. The number of aromatic nitrogens is 2. The van der Waals surface area contributed by atoms with Crippen LogP contribution in [-0.4, -0.2) is 66.2 Å². The number of nitrogens with one attached hydrogen (secondary N) is 1. The lowest BCUT2D eigenvalue weighted by Crippen LogP contribution is -2.40. The fourth-order valence-corrected chi connectivity index (χ4v) is 8.47. The van der Waals surface area contributed by atoms with Gasteiger partial charge in [0, 0.05) is 56.0 Å². The molecule has 4 aromatic rings. The second kappa shape index (κ2) is 12.2. The van der Waals surface area contributed by atoms with Crippen LogP contribution in [0.1, 0.15) is 59.8 Å². The van der Waals surface area contributed by atoms with Crippen molar-refractivity contribution in [2.45, 2.75) is 56.0 Å². The summed E-state index contributed by atoms with van der Waals surface area (Å²) in [6.07, 6.45) is 8.11. The molecular formula is C31H36FN5O5S2. The van der Waals surface area contributed by atoms with E-state index in [1.54, 1.807) is 35.8 Å². The molecule has 1 unspecified atom stereocenters. The Morgan fingerprint density at radius 1 is 1.16 bits per heavy atom. The Morgan fingerprint density at radius 3 is 2.66 bits per heavy atom. The average Bonchev–Trinajstić information content (AvgIpc) is 3.53. The number of hydrogen-bond donors (Lipinski definition) is 1. The van der Waals surface area contributed by atoms with Gasteiger partial charge in [-0.2, -0.15) is 8.61 Å². The van der Waals surface area contributed by atoms with Gasteiger partial charge in [-0.05, 0) is 61.6 Å². The van der Waals surface area contributed by atoms with E-state index in [0.29, 0.717) is 53.7 Å². The van der Waals surface area contributed by atoms with Crippen molar-refractivity contribution in [2.24, 2.45) is 0 Å². The smallest absolute Gasteiger partial charge is 0.260 e. The number of sulfonamides is 1. The summed E-state index contributed by atoms with van der Waals surface area (Å²) >= 11 is -1.39. The molecule has 2 atom stereocenters. The van der Waals surface area contributed by atoms with Crippen molar-refractivity contribution >= 4 is 43.9 Å². The van der Waals surface area contributed by atoms with Gasteiger partial charge in [0.05, 0.1) is 35.9 Å². The fourth-order valence-electron chi connectivity index (χ4n) is 6.36. The lowest BCUT2D eigenvalue weighted by Gasteiger charge is -2.34. The molecule has 0 saturated carbocycles. The average molecular weight is 642 g/mol. The van der Waals surface area contributed by atoms with Gasteiger partial charge in [0.25, 0.3) is 15.9 Å². The summed E-state index contributed by atoms with van der Waals surface area (Å²) in [6, 6.07) is 9.33. The molecular weight excluding hydrogens is 606 g/mol. The van der Waals surface area contributed by atoms with Crippen molar-refractivity contribution in [3.63, 3.8) is 0 Å². The van der Waals surface area contributed by atoms with Crippen LogP contribution in [0.25, 0.3) is 22.3 Å². The molecule has 0 aliphatic carbocycles. The van der Waals surface area contributed by atoms with Gasteiger partial charge in [0.2, 0.25) is 0 Å². The van der Waals surface area contributed by atoms with Crippen LogP contribution < -0.4 is 9.62 Å². The minimum absolute atomic E-state index is 0.226. The van der Waals surface area contributed by atoms with E-state index in [-0.39, 0.29) is 29.2 Å². The van der Waals surface area contributed by atoms with Crippen LogP contribution in [0, 0.1) is 5.82 Å². The monoisotopic (exact) mass is 641 g/mol. The zero-order chi connectivity index (χ0) is 31.2. The van der Waals surface area contributed by atoms with Gasteiger partial charge in [0.1, 0.15) is 29.2 Å². The number of anilines is 1. The van der Waals surface area contributed by atoms with E-state index in [1.165, 1.54) is 29.7 Å². The van der Waals surface area contributed by atoms with Gasteiger partial charge >= 0.3 is 0 Å². The van der Waals surface area contributed by atoms with E-state index in [2.05, 4.69) is 10.3 Å². The van der Waals surface area contributed by atoms with Crippen LogP contribution in [0.15, 0.2) is 52.0 Å². The molecule has 6 rings (SSSR count). The third-order valence-electron chi connectivity index (χ3n) is 8.73. The first-order chi connectivity index (χ1) is 21.1. The van der Waals surface area contributed by atoms with Gasteiger partial charge in [-0.15, -0.1) is 0 Å². The first kappa shape index (κ1) is 30.6. The standard InChI is InChI=1S/C31H36FN5O5S2/c1-33-31(38)29-24-16-23(25(35(2)43(3)39)17-26(24)42-30(29)20-10-12-22(32)13-11-20)21-8-7-14-36(19-21)44(40,41)28-18-34-27-9-5-4-6-15-37(27)28/h10-13,16-18,21H,4-9,14-15,19H2,1-3H3,(H,33,38)/t21-,43?/m1/s1. The molecule has 0 bridgehead atoms. The van der Waals surface area contributed by atoms with E-state index in [9.17, 15) is 22.2 Å². The van der Waals surface area contributed by atoms with Crippen LogP contribution in [0.5, 0.6) is 0 Å². The minimum Gasteiger partial charge on any atom is -0.593 e. The van der Waals surface area contributed by atoms with Gasteiger partial charge in [-0.25, -0.2) is 17.8 Å². The van der Waals surface area contributed by atoms with E-state index < -0.39 is 27.2 Å². The number of benzene rings is 2. The number of aryl methyl sites for hydroxylation is 1. The fraction of sp³-hybridized carbons (Fsp3) is 0.419. The first-order valence-electron chi connectivity index (χ1n) is 14.8. The molecule has 1 N–H and O–H groups in total. The maximum absolute atomic E-state index is 14.0. The van der Waals surface area contributed by atoms with E-state index in [0.717, 1.165) is 37.1 Å². The second-order valence-corrected chi connectivity index (χ2v) is 14.7. The predicted molar refractivity (Wildman–Crippen MR) is 168 cm³/mol. The summed E-state index contributed by atoms with van der Waals surface area (Å²) in [4.78, 5) is 17.7. The molecule has 2 aromatic heterocycles. The lowest BCUT2D eigenvalue weighted by molar-refractivity contribution is 0.0964. The zero-order valence-corrected chi connectivity index (χ0v) is 26.6. The number of halogens is 1. The van der Waals surface area contributed by atoms with Gasteiger partial charge in [-0.3, -0.25) is 4.79 Å². The highest BCUT2D eigenvalue weighted by molar-refractivity contribution is 7.92. The number of nitrogens with zero attached hydrogens (tertiary/aromatic N) is 4. The number of fused-ring (bicyclic) bond motifs is 2. The number of hydrogen-bond acceptors (Lipinski definition) is 7. The highest BCUT2D eigenvalue weighted by Gasteiger charge is 2.36. The van der Waals surface area contributed by atoms with Gasteiger partial charge in [0.15, 0.2) is 5.03 Å². The van der Waals surface area contributed by atoms with Crippen LogP contribution in [0.3, 0.4) is 0 Å². The summed E-state index contributed by atoms with van der Waals surface area (Å²) in [5.74, 6) is 0.0810. The molecule has 10 nitrogen and oxygen atoms in total. The Balaban J connectivity index is 1.45. The number of imidazole rings is 1. The number of amides is 1. The molecule has 44 heavy (non-hydrogen) atoms. The molecule has 1 fully saturated rings. The molecule has 4 heterocycles. The van der Waals surface area contributed by atoms with Crippen LogP contribution in [0.4, 0.5) is 10.1 Å². The number of carbonyl (C=O) groups is 1. The molecule has 1 saturated heterocycles. The molecule has 0 radical (unpaired) electrons. The number of piperidine rings is 1. The Morgan fingerprint density at radius 2 is 1.93 bits per heavy atom. The van der Waals surface area contributed by atoms with Crippen molar-refractivity contribution in [1.82, 2.24) is 19.2 Å². The van der Waals surface area contributed by atoms with Crippen molar-refractivity contribution < 1.29 is 26.6 Å². The third kappa shape index (κ3) is 5.50. The Kier molecular flexibility index (Phi) is 8.48. The Bertz CT molecular complexity index is 1800. The Hall–Kier alpha value is -3.39. The largest absolute Gasteiger partial charge is 0.593 e. The highest BCUT2D eigenvalue weighted by Crippen LogP contribution is 2.42. The van der Waals surface area contributed by atoms with Crippen molar-refractivity contribution in [3.05, 3.63) is 65.4 Å². The summed E-state index contributed by atoms with van der Waals surface area (Å²) in [5, 5.41) is 3.45. The second-order valence-electron chi connectivity index (χ2n) is 11.4. The predicted octanol–water partition coefficient (Wildman–Crippen LogP) is 4.82. The summed E-state index contributed by atoms with van der Waals surface area (Å²) in [5.41, 5.74) is 2.64. The van der Waals surface area contributed by atoms with E-state index in [4.69, 9.17) is 4.42 Å². The summed E-state index contributed by atoms with van der Waals surface area (Å²) < 4.78 is 65.7. The quantitative estimate of drug-likeness (QED) is 0.287. The maximum Gasteiger partial charge on any atom is 0.260 e. The third-order valence-corrected chi connectivity index (χ3v) is 11.6. The molecule has 234 valence electrons.